The molecule has 0 aliphatic carbocycles. The van der Waals surface area contributed by atoms with Gasteiger partial charge in [-0.05, 0) is 71.3 Å². The number of carbonyl (C=O) groups is 2. The summed E-state index contributed by atoms with van der Waals surface area (Å²) >= 11 is 0. The van der Waals surface area contributed by atoms with E-state index in [9.17, 15) is 18.0 Å². The minimum Gasteiger partial charge on any atom is -0.489 e. The first-order valence-corrected chi connectivity index (χ1v) is 14.4. The molecule has 2 aromatic carbocycles. The van der Waals surface area contributed by atoms with Crippen LogP contribution in [0.3, 0.4) is 0 Å². The zero-order chi connectivity index (χ0) is 29.3. The van der Waals surface area contributed by atoms with Crippen LogP contribution in [0.1, 0.15) is 31.5 Å². The highest BCUT2D eigenvalue weighted by Crippen LogP contribution is 2.31. The summed E-state index contributed by atoms with van der Waals surface area (Å²) in [6.07, 6.45) is -0.199. The largest absolute Gasteiger partial charge is 0.489 e. The van der Waals surface area contributed by atoms with Crippen molar-refractivity contribution in [2.75, 3.05) is 34.3 Å². The molecule has 11 heteroatoms. The summed E-state index contributed by atoms with van der Waals surface area (Å²) in [5.74, 6) is -0.215. The number of para-hydroxylation sites is 1. The predicted molar refractivity (Wildman–Crippen MR) is 151 cm³/mol. The van der Waals surface area contributed by atoms with E-state index in [4.69, 9.17) is 9.47 Å². The summed E-state index contributed by atoms with van der Waals surface area (Å²) in [5, 5.41) is 0.995. The number of fused-ring (bicyclic) bond motifs is 1. The van der Waals surface area contributed by atoms with Gasteiger partial charge in [-0.15, -0.1) is 0 Å². The van der Waals surface area contributed by atoms with Crippen molar-refractivity contribution >= 4 is 32.8 Å². The Bertz CT molecular complexity index is 1510. The summed E-state index contributed by atoms with van der Waals surface area (Å²) in [7, 11) is 0.827. The molecule has 2 heterocycles. The molecule has 0 atom stereocenters. The number of esters is 1. The highest BCUT2D eigenvalue weighted by Gasteiger charge is 2.52. The van der Waals surface area contributed by atoms with Gasteiger partial charge in [-0.1, -0.05) is 18.2 Å². The monoisotopic (exact) mass is 568 g/mol. The van der Waals surface area contributed by atoms with E-state index < -0.39 is 27.1 Å². The Kier molecular flexibility index (Phi) is 8.21. The van der Waals surface area contributed by atoms with Crippen LogP contribution in [0, 0.1) is 6.92 Å². The molecule has 10 nitrogen and oxygen atoms in total. The summed E-state index contributed by atoms with van der Waals surface area (Å²) in [6.45, 7) is 5.92. The third kappa shape index (κ3) is 6.11. The normalized spacial score (nSPS) is 15.1. The molecule has 214 valence electrons. The molecule has 1 aromatic heterocycles. The van der Waals surface area contributed by atoms with Gasteiger partial charge in [0, 0.05) is 29.7 Å². The molecule has 1 saturated heterocycles. The van der Waals surface area contributed by atoms with Crippen LogP contribution in [0.5, 0.6) is 5.75 Å². The third-order valence-electron chi connectivity index (χ3n) is 7.44. The number of hydrogen-bond acceptors (Lipinski definition) is 8. The van der Waals surface area contributed by atoms with Crippen molar-refractivity contribution in [2.24, 2.45) is 0 Å². The predicted octanol–water partition coefficient (Wildman–Crippen LogP) is 2.88. The number of benzene rings is 2. The van der Waals surface area contributed by atoms with Crippen LogP contribution in [0.25, 0.3) is 10.9 Å². The van der Waals surface area contributed by atoms with Crippen molar-refractivity contribution in [3.8, 4) is 5.75 Å². The van der Waals surface area contributed by atoms with Gasteiger partial charge < -0.3 is 14.4 Å². The van der Waals surface area contributed by atoms with E-state index in [1.165, 1.54) is 19.2 Å². The maximum absolute atomic E-state index is 13.3. The summed E-state index contributed by atoms with van der Waals surface area (Å²) in [4.78, 5) is 33.1. The van der Waals surface area contributed by atoms with Gasteiger partial charge in [0.15, 0.2) is 0 Å². The van der Waals surface area contributed by atoms with Gasteiger partial charge in [0.05, 0.1) is 35.0 Å². The van der Waals surface area contributed by atoms with Crippen LogP contribution >= 0.6 is 0 Å². The number of carbonyl (C=O) groups excluding carboxylic acids is 2. The molecular formula is C29H36N4O6S. The Labute approximate surface area is 235 Å². The van der Waals surface area contributed by atoms with Gasteiger partial charge in [0.2, 0.25) is 15.9 Å². The van der Waals surface area contributed by atoms with Crippen molar-refractivity contribution in [1.82, 2.24) is 19.5 Å². The molecular weight excluding hydrogens is 532 g/mol. The number of rotatable bonds is 10. The average molecular weight is 569 g/mol. The van der Waals surface area contributed by atoms with Gasteiger partial charge in [0.25, 0.3) is 0 Å². The van der Waals surface area contributed by atoms with Crippen molar-refractivity contribution < 1.29 is 27.5 Å². The lowest BCUT2D eigenvalue weighted by Gasteiger charge is -2.52. The minimum absolute atomic E-state index is 0.0210. The van der Waals surface area contributed by atoms with E-state index in [1.54, 1.807) is 49.9 Å². The van der Waals surface area contributed by atoms with Gasteiger partial charge >= 0.3 is 5.97 Å². The molecule has 0 saturated carbocycles. The van der Waals surface area contributed by atoms with Crippen LogP contribution in [0.4, 0.5) is 0 Å². The molecule has 4 rings (SSSR count). The molecule has 1 aliphatic rings. The van der Waals surface area contributed by atoms with Crippen molar-refractivity contribution in [1.29, 1.82) is 0 Å². The Morgan fingerprint density at radius 3 is 2.38 bits per heavy atom. The van der Waals surface area contributed by atoms with Crippen LogP contribution in [-0.2, 0) is 31.0 Å². The smallest absolute Gasteiger partial charge is 0.307 e. The topological polar surface area (TPSA) is 118 Å². The maximum atomic E-state index is 13.3. The molecule has 1 amide bonds. The summed E-state index contributed by atoms with van der Waals surface area (Å²) in [5.41, 5.74) is 0.795. The van der Waals surface area contributed by atoms with Crippen molar-refractivity contribution in [3.05, 3.63) is 65.9 Å². The van der Waals surface area contributed by atoms with E-state index in [0.29, 0.717) is 12.4 Å². The van der Waals surface area contributed by atoms with Crippen molar-refractivity contribution in [3.63, 3.8) is 0 Å². The lowest BCUT2D eigenvalue weighted by atomic mass is 9.85. The number of likely N-dealkylation sites (tertiary alicyclic amines) is 1. The third-order valence-corrected chi connectivity index (χ3v) is 9.03. The number of nitrogens with one attached hydrogen (secondary N) is 1. The van der Waals surface area contributed by atoms with E-state index in [0.717, 1.165) is 22.2 Å². The fourth-order valence-corrected chi connectivity index (χ4v) is 6.09. The first-order chi connectivity index (χ1) is 18.8. The molecule has 0 radical (unpaired) electrons. The number of aromatic nitrogens is 1. The molecule has 3 aromatic rings. The number of ether oxygens (including phenoxy) is 2. The number of likely N-dealkylation sites (N-methyl/N-ethyl adjacent to an activating group) is 1. The van der Waals surface area contributed by atoms with Crippen LogP contribution in [0.15, 0.2) is 59.5 Å². The van der Waals surface area contributed by atoms with Crippen LogP contribution in [-0.4, -0.2) is 80.5 Å². The maximum Gasteiger partial charge on any atom is 0.307 e. The number of sulfonamides is 1. The zero-order valence-electron chi connectivity index (χ0n) is 23.7. The second kappa shape index (κ2) is 11.1. The van der Waals surface area contributed by atoms with E-state index in [-0.39, 0.29) is 30.3 Å². The lowest BCUT2D eigenvalue weighted by Crippen LogP contribution is -2.74. The Morgan fingerprint density at radius 1 is 1.10 bits per heavy atom. The Morgan fingerprint density at radius 2 is 1.75 bits per heavy atom. The second-order valence-corrected chi connectivity index (χ2v) is 12.6. The van der Waals surface area contributed by atoms with Gasteiger partial charge in [-0.25, -0.2) is 13.1 Å². The van der Waals surface area contributed by atoms with E-state index in [1.807, 2.05) is 37.3 Å². The molecule has 0 unspecified atom stereocenters. The SMILES string of the molecule is COC(=O)CC1(NS(=O)(=O)c2ccc(OCc3cc(C)nc4ccccc34)cc2)CN(C(=O)C(C)(C)N(C)C)C1. The number of pyridine rings is 1. The number of methoxy groups -OCH3 is 1. The van der Waals surface area contributed by atoms with Crippen LogP contribution < -0.4 is 9.46 Å². The fraction of sp³-hybridized carbons (Fsp3) is 0.414. The highest BCUT2D eigenvalue weighted by molar-refractivity contribution is 7.89. The molecule has 1 fully saturated rings. The Balaban J connectivity index is 1.47. The zero-order valence-corrected chi connectivity index (χ0v) is 24.5. The Hall–Kier alpha value is -3.54. The van der Waals surface area contributed by atoms with Gasteiger partial charge in [-0.3, -0.25) is 19.5 Å². The van der Waals surface area contributed by atoms with Crippen LogP contribution in [0.2, 0.25) is 0 Å². The molecule has 1 aliphatic heterocycles. The fourth-order valence-electron chi connectivity index (χ4n) is 4.70. The highest BCUT2D eigenvalue weighted by atomic mass is 32.2. The first-order valence-electron chi connectivity index (χ1n) is 12.9. The number of amides is 1. The standard InChI is InChI=1S/C29H36N4O6S/c1-20-15-21(24-9-7-8-10-25(24)30-20)17-39-22-11-13-23(14-12-22)40(36,37)31-29(16-26(34)38-6)18-33(19-29)27(35)28(2,3)32(4)5/h7-15,31H,16-19H2,1-6H3. The lowest BCUT2D eigenvalue weighted by molar-refractivity contribution is -0.154. The summed E-state index contributed by atoms with van der Waals surface area (Å²) < 4.78 is 40.1. The molecule has 0 bridgehead atoms. The van der Waals surface area contributed by atoms with Gasteiger partial charge in [0.1, 0.15) is 12.4 Å². The summed E-state index contributed by atoms with van der Waals surface area (Å²) in [6, 6.07) is 15.9. The molecule has 40 heavy (non-hydrogen) atoms. The van der Waals surface area contributed by atoms with Crippen molar-refractivity contribution in [2.45, 2.75) is 49.8 Å². The molecule has 0 spiro atoms. The number of aryl methyl sites for hydroxylation is 1. The average Bonchev–Trinajstić information content (AvgIpc) is 2.89. The van der Waals surface area contributed by atoms with Gasteiger partial charge in [-0.2, -0.15) is 0 Å². The first kappa shape index (κ1) is 29.4. The second-order valence-electron chi connectivity index (χ2n) is 11.0. The molecule has 1 N–H and O–H groups in total. The number of nitrogens with zero attached hydrogens (tertiary/aromatic N) is 3. The van der Waals surface area contributed by atoms with E-state index in [2.05, 4.69) is 9.71 Å². The van der Waals surface area contributed by atoms with E-state index >= 15 is 0 Å². The number of hydrogen-bond donors (Lipinski definition) is 1. The quantitative estimate of drug-likeness (QED) is 0.371. The minimum atomic E-state index is -4.02.